The van der Waals surface area contributed by atoms with Gasteiger partial charge in [-0.05, 0) is 23.8 Å². The molecule has 0 aromatic carbocycles. The molecule has 3 heterocycles. The minimum atomic E-state index is -0.978. The Bertz CT molecular complexity index is 584. The maximum absolute atomic E-state index is 11.5. The highest BCUT2D eigenvalue weighted by molar-refractivity contribution is 5.85. The average molecular weight is 288 g/mol. The molecule has 21 heavy (non-hydrogen) atoms. The summed E-state index contributed by atoms with van der Waals surface area (Å²) in [4.78, 5) is 30.4. The van der Waals surface area contributed by atoms with Gasteiger partial charge in [0, 0.05) is 38.5 Å². The van der Waals surface area contributed by atoms with Gasteiger partial charge in [0.1, 0.15) is 5.82 Å². The third kappa shape index (κ3) is 2.81. The van der Waals surface area contributed by atoms with Crippen LogP contribution in [-0.4, -0.2) is 59.2 Å². The number of aromatic nitrogens is 1. The molecule has 0 radical (unpaired) electrons. The molecular weight excluding hydrogens is 272 g/mol. The predicted octanol–water partition coefficient (Wildman–Crippen LogP) is 0.393. The molecule has 0 spiro atoms. The lowest BCUT2D eigenvalue weighted by Gasteiger charge is -2.37. The van der Waals surface area contributed by atoms with Gasteiger partial charge in [-0.1, -0.05) is 0 Å². The molecule has 2 aliphatic rings. The number of carboxylic acid groups (broad SMARTS) is 1. The fourth-order valence-electron chi connectivity index (χ4n) is 2.66. The lowest BCUT2D eigenvalue weighted by Crippen LogP contribution is -2.52. The van der Waals surface area contributed by atoms with Crippen molar-refractivity contribution in [2.24, 2.45) is 0 Å². The Hall–Kier alpha value is -2.57. The van der Waals surface area contributed by atoms with Crippen LogP contribution in [0.3, 0.4) is 0 Å². The first-order chi connectivity index (χ1) is 10.1. The number of hydrogen-bond acceptors (Lipinski definition) is 4. The number of anilines is 1. The van der Waals surface area contributed by atoms with E-state index in [4.69, 9.17) is 5.11 Å². The van der Waals surface area contributed by atoms with Crippen molar-refractivity contribution >= 4 is 23.9 Å². The van der Waals surface area contributed by atoms with Gasteiger partial charge in [0.05, 0.1) is 6.04 Å². The van der Waals surface area contributed by atoms with Crippen LogP contribution in [0.5, 0.6) is 0 Å². The van der Waals surface area contributed by atoms with Crippen LogP contribution >= 0.6 is 0 Å². The van der Waals surface area contributed by atoms with Gasteiger partial charge < -0.3 is 20.2 Å². The zero-order valence-electron chi connectivity index (χ0n) is 11.4. The molecule has 0 bridgehead atoms. The van der Waals surface area contributed by atoms with Crippen LogP contribution in [0.2, 0.25) is 0 Å². The number of rotatable bonds is 3. The van der Waals surface area contributed by atoms with Crippen molar-refractivity contribution in [3.8, 4) is 0 Å². The molecule has 1 unspecified atom stereocenters. The molecule has 0 saturated carbocycles. The second kappa shape index (κ2) is 5.43. The van der Waals surface area contributed by atoms with Gasteiger partial charge >= 0.3 is 12.0 Å². The first-order valence-corrected chi connectivity index (χ1v) is 6.80. The Labute approximate surface area is 121 Å². The lowest BCUT2D eigenvalue weighted by atomic mass is 10.2. The van der Waals surface area contributed by atoms with Gasteiger partial charge in [-0.2, -0.15) is 0 Å². The van der Waals surface area contributed by atoms with Crippen LogP contribution in [0.1, 0.15) is 5.56 Å². The molecule has 2 N–H and O–H groups in total. The molecule has 3 rings (SSSR count). The van der Waals surface area contributed by atoms with Gasteiger partial charge in [0.25, 0.3) is 0 Å². The minimum Gasteiger partial charge on any atom is -0.478 e. The summed E-state index contributed by atoms with van der Waals surface area (Å²) in [5.74, 6) is -0.130. The van der Waals surface area contributed by atoms with E-state index in [1.807, 2.05) is 17.0 Å². The average Bonchev–Trinajstić information content (AvgIpc) is 2.86. The first-order valence-electron chi connectivity index (χ1n) is 6.80. The Morgan fingerprint density at radius 3 is 3.00 bits per heavy atom. The van der Waals surface area contributed by atoms with E-state index >= 15 is 0 Å². The summed E-state index contributed by atoms with van der Waals surface area (Å²) in [6, 6.07) is 3.93. The van der Waals surface area contributed by atoms with E-state index in [0.717, 1.165) is 30.5 Å². The predicted molar refractivity (Wildman–Crippen MR) is 77.0 cm³/mol. The van der Waals surface area contributed by atoms with Crippen LogP contribution in [0.4, 0.5) is 10.6 Å². The molecule has 1 aromatic rings. The third-order valence-electron chi connectivity index (χ3n) is 3.75. The monoisotopic (exact) mass is 288 g/mol. The highest BCUT2D eigenvalue weighted by atomic mass is 16.4. The number of hydrogen-bond donors (Lipinski definition) is 2. The second-order valence-corrected chi connectivity index (χ2v) is 5.10. The third-order valence-corrected chi connectivity index (χ3v) is 3.75. The fraction of sp³-hybridized carbons (Fsp3) is 0.357. The van der Waals surface area contributed by atoms with E-state index in [0.29, 0.717) is 13.1 Å². The van der Waals surface area contributed by atoms with Crippen molar-refractivity contribution in [1.82, 2.24) is 15.2 Å². The molecule has 2 aliphatic heterocycles. The molecule has 2 amide bonds. The van der Waals surface area contributed by atoms with Crippen LogP contribution in [0.15, 0.2) is 24.4 Å². The molecule has 7 nitrogen and oxygen atoms in total. The first kappa shape index (κ1) is 13.4. The summed E-state index contributed by atoms with van der Waals surface area (Å²) < 4.78 is 0. The molecule has 2 saturated heterocycles. The zero-order chi connectivity index (χ0) is 14.8. The Balaban J connectivity index is 1.67. The molecule has 110 valence electrons. The van der Waals surface area contributed by atoms with Crippen LogP contribution < -0.4 is 10.2 Å². The number of fused-ring (bicyclic) bond motifs is 1. The topological polar surface area (TPSA) is 85.8 Å². The largest absolute Gasteiger partial charge is 0.478 e. The standard InChI is InChI=1S/C14H16N4O3/c19-13(20)4-2-10-1-3-12(15-7-10)17-5-6-18-11(9-17)8-16-14(18)21/h1-4,7,11H,5-6,8-9H2,(H,16,21)(H,19,20)/b4-2+. The normalized spacial score (nSPS) is 21.5. The van der Waals surface area contributed by atoms with Crippen molar-refractivity contribution in [1.29, 1.82) is 0 Å². The Morgan fingerprint density at radius 2 is 2.29 bits per heavy atom. The molecule has 1 atom stereocenters. The van der Waals surface area contributed by atoms with Gasteiger partial charge in [0.2, 0.25) is 0 Å². The fourth-order valence-corrected chi connectivity index (χ4v) is 2.66. The van der Waals surface area contributed by atoms with Gasteiger partial charge in [-0.25, -0.2) is 14.6 Å². The van der Waals surface area contributed by atoms with E-state index in [1.54, 1.807) is 6.20 Å². The van der Waals surface area contributed by atoms with Gasteiger partial charge in [0.15, 0.2) is 0 Å². The van der Waals surface area contributed by atoms with Crippen molar-refractivity contribution in [2.45, 2.75) is 6.04 Å². The molecule has 2 fully saturated rings. The number of carbonyl (C=O) groups is 2. The van der Waals surface area contributed by atoms with E-state index in [1.165, 1.54) is 6.08 Å². The van der Waals surface area contributed by atoms with Crippen LogP contribution in [0, 0.1) is 0 Å². The highest BCUT2D eigenvalue weighted by Gasteiger charge is 2.35. The molecule has 1 aromatic heterocycles. The number of aliphatic carboxylic acids is 1. The highest BCUT2D eigenvalue weighted by Crippen LogP contribution is 2.19. The zero-order valence-corrected chi connectivity index (χ0v) is 11.4. The van der Waals surface area contributed by atoms with E-state index < -0.39 is 5.97 Å². The number of piperazine rings is 1. The number of pyridine rings is 1. The number of nitrogens with one attached hydrogen (secondary N) is 1. The Kier molecular flexibility index (Phi) is 3.47. The lowest BCUT2D eigenvalue weighted by molar-refractivity contribution is -0.131. The second-order valence-electron chi connectivity index (χ2n) is 5.10. The van der Waals surface area contributed by atoms with Gasteiger partial charge in [-0.3, -0.25) is 0 Å². The number of nitrogens with zero attached hydrogens (tertiary/aromatic N) is 3. The van der Waals surface area contributed by atoms with Gasteiger partial charge in [-0.15, -0.1) is 0 Å². The number of carbonyl (C=O) groups excluding carboxylic acids is 1. The molecule has 7 heteroatoms. The maximum Gasteiger partial charge on any atom is 0.328 e. The van der Waals surface area contributed by atoms with Crippen LogP contribution in [0.25, 0.3) is 6.08 Å². The summed E-state index contributed by atoms with van der Waals surface area (Å²) in [5.41, 5.74) is 0.748. The molecule has 0 aliphatic carbocycles. The van der Waals surface area contributed by atoms with E-state index in [2.05, 4.69) is 15.2 Å². The maximum atomic E-state index is 11.5. The van der Waals surface area contributed by atoms with E-state index in [9.17, 15) is 9.59 Å². The summed E-state index contributed by atoms with van der Waals surface area (Å²) >= 11 is 0. The molecular formula is C14H16N4O3. The summed E-state index contributed by atoms with van der Waals surface area (Å²) in [6.07, 6.45) is 4.25. The smallest absolute Gasteiger partial charge is 0.328 e. The summed E-state index contributed by atoms with van der Waals surface area (Å²) in [7, 11) is 0. The minimum absolute atomic E-state index is 0.0155. The summed E-state index contributed by atoms with van der Waals surface area (Å²) in [6.45, 7) is 2.88. The Morgan fingerprint density at radius 1 is 1.43 bits per heavy atom. The van der Waals surface area contributed by atoms with E-state index in [-0.39, 0.29) is 12.1 Å². The summed E-state index contributed by atoms with van der Waals surface area (Å²) in [5, 5.41) is 11.4. The number of carboxylic acids is 1. The quantitative estimate of drug-likeness (QED) is 0.786. The van der Waals surface area contributed by atoms with Crippen molar-refractivity contribution in [2.75, 3.05) is 31.1 Å². The number of amides is 2. The number of urea groups is 1. The van der Waals surface area contributed by atoms with Crippen LogP contribution in [-0.2, 0) is 4.79 Å². The van der Waals surface area contributed by atoms with Crippen molar-refractivity contribution in [3.63, 3.8) is 0 Å². The van der Waals surface area contributed by atoms with Crippen molar-refractivity contribution in [3.05, 3.63) is 30.0 Å². The van der Waals surface area contributed by atoms with Crippen molar-refractivity contribution < 1.29 is 14.7 Å². The SMILES string of the molecule is O=C(O)/C=C/c1ccc(N2CCN3C(=O)NCC3C2)nc1.